The summed E-state index contributed by atoms with van der Waals surface area (Å²) < 4.78 is 0. The average Bonchev–Trinajstić information content (AvgIpc) is 3.15. The van der Waals surface area contributed by atoms with Crippen LogP contribution in [-0.4, -0.2) is 4.98 Å². The van der Waals surface area contributed by atoms with Gasteiger partial charge in [0.2, 0.25) is 0 Å². The monoisotopic (exact) mass is 334 g/mol. The Morgan fingerprint density at radius 2 is 1.88 bits per heavy atom. The standard InChI is InChI=1S/C21H22N2S/c1-2-6-16(7-3-1)14-18-11-10-17-8-4-5-9-19(17)21(18)23-15-20-22-12-13-24-20/h1-9,12-13,18,21,23H,10-11,14-15H2. The number of aryl methyl sites for hydroxylation is 1. The van der Waals surface area contributed by atoms with E-state index in [-0.39, 0.29) is 0 Å². The van der Waals surface area contributed by atoms with E-state index in [1.165, 1.54) is 29.5 Å². The molecule has 1 aliphatic rings. The van der Waals surface area contributed by atoms with Crippen LogP contribution in [0.1, 0.15) is 34.2 Å². The van der Waals surface area contributed by atoms with Gasteiger partial charge in [0.1, 0.15) is 5.01 Å². The van der Waals surface area contributed by atoms with Crippen LogP contribution in [0.4, 0.5) is 0 Å². The molecule has 2 nitrogen and oxygen atoms in total. The maximum atomic E-state index is 4.42. The second-order valence-corrected chi connectivity index (χ2v) is 7.45. The van der Waals surface area contributed by atoms with Crippen molar-refractivity contribution in [1.29, 1.82) is 0 Å². The molecule has 4 rings (SSSR count). The molecule has 2 aromatic carbocycles. The van der Waals surface area contributed by atoms with E-state index >= 15 is 0 Å². The summed E-state index contributed by atoms with van der Waals surface area (Å²) in [4.78, 5) is 4.42. The van der Waals surface area contributed by atoms with E-state index in [4.69, 9.17) is 0 Å². The molecular weight excluding hydrogens is 312 g/mol. The Labute approximate surface area is 147 Å². The van der Waals surface area contributed by atoms with Crippen molar-refractivity contribution in [2.75, 3.05) is 0 Å². The summed E-state index contributed by atoms with van der Waals surface area (Å²) in [6.45, 7) is 0.849. The van der Waals surface area contributed by atoms with Crippen molar-refractivity contribution in [3.05, 3.63) is 87.9 Å². The van der Waals surface area contributed by atoms with E-state index in [2.05, 4.69) is 64.9 Å². The van der Waals surface area contributed by atoms with Gasteiger partial charge in [-0.15, -0.1) is 11.3 Å². The highest BCUT2D eigenvalue weighted by atomic mass is 32.1. The van der Waals surface area contributed by atoms with Gasteiger partial charge in [-0.1, -0.05) is 54.6 Å². The Hall–Kier alpha value is -1.97. The zero-order valence-electron chi connectivity index (χ0n) is 13.7. The second kappa shape index (κ2) is 7.29. The van der Waals surface area contributed by atoms with Gasteiger partial charge in [0, 0.05) is 24.2 Å². The Kier molecular flexibility index (Phi) is 4.72. The lowest BCUT2D eigenvalue weighted by Gasteiger charge is -2.34. The smallest absolute Gasteiger partial charge is 0.106 e. The van der Waals surface area contributed by atoms with Crippen molar-refractivity contribution in [3.63, 3.8) is 0 Å². The lowest BCUT2D eigenvalue weighted by Crippen LogP contribution is -2.33. The second-order valence-electron chi connectivity index (χ2n) is 6.47. The maximum Gasteiger partial charge on any atom is 0.106 e. The highest BCUT2D eigenvalue weighted by Gasteiger charge is 2.29. The number of rotatable bonds is 5. The van der Waals surface area contributed by atoms with Crippen LogP contribution in [0, 0.1) is 5.92 Å². The molecule has 0 bridgehead atoms. The number of benzene rings is 2. The van der Waals surface area contributed by atoms with Crippen LogP contribution in [0.5, 0.6) is 0 Å². The van der Waals surface area contributed by atoms with Gasteiger partial charge in [0.25, 0.3) is 0 Å². The topological polar surface area (TPSA) is 24.9 Å². The number of hydrogen-bond donors (Lipinski definition) is 1. The summed E-state index contributed by atoms with van der Waals surface area (Å²) in [5.41, 5.74) is 4.41. The molecule has 24 heavy (non-hydrogen) atoms. The van der Waals surface area contributed by atoms with Crippen LogP contribution < -0.4 is 5.32 Å². The van der Waals surface area contributed by atoms with Gasteiger partial charge in [0.05, 0.1) is 0 Å². The third-order valence-electron chi connectivity index (χ3n) is 4.94. The summed E-state index contributed by atoms with van der Waals surface area (Å²) in [5.74, 6) is 0.627. The molecule has 0 spiro atoms. The first-order chi connectivity index (χ1) is 11.9. The number of fused-ring (bicyclic) bond motifs is 1. The Balaban J connectivity index is 1.57. The minimum atomic E-state index is 0.402. The number of nitrogens with zero attached hydrogens (tertiary/aromatic N) is 1. The van der Waals surface area contributed by atoms with Gasteiger partial charge in [-0.3, -0.25) is 0 Å². The third kappa shape index (κ3) is 3.42. The van der Waals surface area contributed by atoms with Crippen LogP contribution in [-0.2, 0) is 19.4 Å². The lowest BCUT2D eigenvalue weighted by atomic mass is 9.77. The van der Waals surface area contributed by atoms with Gasteiger partial charge in [-0.05, 0) is 41.9 Å². The molecule has 0 fully saturated rings. The molecule has 3 aromatic rings. The van der Waals surface area contributed by atoms with E-state index in [0.717, 1.165) is 18.0 Å². The quantitative estimate of drug-likeness (QED) is 0.726. The van der Waals surface area contributed by atoms with Crippen LogP contribution in [0.2, 0.25) is 0 Å². The fraction of sp³-hybridized carbons (Fsp3) is 0.286. The summed E-state index contributed by atoms with van der Waals surface area (Å²) in [6, 6.07) is 20.2. The molecule has 0 amide bonds. The number of hydrogen-bond acceptors (Lipinski definition) is 3. The molecule has 0 aliphatic heterocycles. The van der Waals surface area contributed by atoms with Crippen LogP contribution in [0.15, 0.2) is 66.2 Å². The van der Waals surface area contributed by atoms with Crippen molar-refractivity contribution in [3.8, 4) is 0 Å². The normalized spacial score (nSPS) is 19.8. The summed E-state index contributed by atoms with van der Waals surface area (Å²) in [6.07, 6.45) is 5.44. The summed E-state index contributed by atoms with van der Waals surface area (Å²) >= 11 is 1.72. The number of aromatic nitrogens is 1. The maximum absolute atomic E-state index is 4.42. The zero-order chi connectivity index (χ0) is 16.2. The highest BCUT2D eigenvalue weighted by molar-refractivity contribution is 7.09. The van der Waals surface area contributed by atoms with E-state index in [1.807, 2.05) is 11.6 Å². The summed E-state index contributed by atoms with van der Waals surface area (Å²) in [7, 11) is 0. The van der Waals surface area contributed by atoms with Gasteiger partial charge in [-0.2, -0.15) is 0 Å². The van der Waals surface area contributed by atoms with Gasteiger partial charge in [-0.25, -0.2) is 4.98 Å². The van der Waals surface area contributed by atoms with E-state index in [0.29, 0.717) is 12.0 Å². The van der Waals surface area contributed by atoms with Gasteiger partial charge < -0.3 is 5.32 Å². The molecule has 0 saturated heterocycles. The number of thiazole rings is 1. The molecule has 1 N–H and O–H groups in total. The molecule has 0 saturated carbocycles. The fourth-order valence-electron chi connectivity index (χ4n) is 3.78. The Bertz CT molecular complexity index is 768. The first-order valence-electron chi connectivity index (χ1n) is 8.63. The van der Waals surface area contributed by atoms with Gasteiger partial charge >= 0.3 is 0 Å². The lowest BCUT2D eigenvalue weighted by molar-refractivity contribution is 0.316. The minimum Gasteiger partial charge on any atom is -0.303 e. The van der Waals surface area contributed by atoms with Gasteiger partial charge in [0.15, 0.2) is 0 Å². The predicted molar refractivity (Wildman–Crippen MR) is 100 cm³/mol. The van der Waals surface area contributed by atoms with Crippen molar-refractivity contribution in [1.82, 2.24) is 10.3 Å². The minimum absolute atomic E-state index is 0.402. The van der Waals surface area contributed by atoms with Crippen molar-refractivity contribution >= 4 is 11.3 Å². The molecule has 2 unspecified atom stereocenters. The van der Waals surface area contributed by atoms with Crippen LogP contribution in [0.3, 0.4) is 0 Å². The predicted octanol–water partition coefficient (Wildman–Crippen LogP) is 4.78. The molecular formula is C21H22N2S. The molecule has 3 heteroatoms. The Morgan fingerprint density at radius 1 is 1.04 bits per heavy atom. The summed E-state index contributed by atoms with van der Waals surface area (Å²) in [5, 5.41) is 7.01. The zero-order valence-corrected chi connectivity index (χ0v) is 14.5. The van der Waals surface area contributed by atoms with Crippen LogP contribution >= 0.6 is 11.3 Å². The molecule has 1 aliphatic carbocycles. The first kappa shape index (κ1) is 15.6. The SMILES string of the molecule is c1ccc(CC2CCc3ccccc3C2NCc2nccs2)cc1. The third-order valence-corrected chi connectivity index (χ3v) is 5.72. The van der Waals surface area contributed by atoms with Crippen LogP contribution in [0.25, 0.3) is 0 Å². The first-order valence-corrected chi connectivity index (χ1v) is 9.51. The van der Waals surface area contributed by atoms with E-state index in [9.17, 15) is 0 Å². The fourth-order valence-corrected chi connectivity index (χ4v) is 4.34. The van der Waals surface area contributed by atoms with E-state index in [1.54, 1.807) is 11.3 Å². The molecule has 1 heterocycles. The molecule has 122 valence electrons. The molecule has 2 atom stereocenters. The molecule has 0 radical (unpaired) electrons. The Morgan fingerprint density at radius 3 is 2.71 bits per heavy atom. The van der Waals surface area contributed by atoms with Crippen molar-refractivity contribution < 1.29 is 0 Å². The van der Waals surface area contributed by atoms with Crippen molar-refractivity contribution in [2.24, 2.45) is 5.92 Å². The van der Waals surface area contributed by atoms with E-state index < -0.39 is 0 Å². The largest absolute Gasteiger partial charge is 0.303 e. The molecule has 1 aromatic heterocycles. The average molecular weight is 334 g/mol. The number of nitrogens with one attached hydrogen (secondary N) is 1. The highest BCUT2D eigenvalue weighted by Crippen LogP contribution is 2.36. The van der Waals surface area contributed by atoms with Crippen molar-refractivity contribution in [2.45, 2.75) is 31.8 Å².